The predicted molar refractivity (Wildman–Crippen MR) is 76.9 cm³/mol. The molecule has 0 aromatic carbocycles. The summed E-state index contributed by atoms with van der Waals surface area (Å²) in [4.78, 5) is 14.9. The van der Waals surface area contributed by atoms with Crippen LogP contribution in [0, 0.1) is 5.41 Å². The van der Waals surface area contributed by atoms with Crippen LogP contribution in [-0.2, 0) is 16.1 Å². The molecule has 0 spiro atoms. The van der Waals surface area contributed by atoms with Crippen LogP contribution in [0.15, 0.2) is 15.9 Å². The number of aldehydes is 1. The summed E-state index contributed by atoms with van der Waals surface area (Å²) in [6.07, 6.45) is 3.01. The Labute approximate surface area is 120 Å². The highest BCUT2D eigenvalue weighted by Gasteiger charge is 2.33. The number of carbonyl (C=O) groups excluding carboxylic acids is 1. The molecule has 3 nitrogen and oxygen atoms in total. The molecule has 2 rings (SSSR count). The Bertz CT molecular complexity index is 401. The molecule has 0 N–H and O–H groups in total. The topological polar surface area (TPSA) is 29.5 Å². The lowest BCUT2D eigenvalue weighted by molar-refractivity contribution is -0.125. The van der Waals surface area contributed by atoms with Gasteiger partial charge in [0.15, 0.2) is 0 Å². The second kappa shape index (κ2) is 6.28. The van der Waals surface area contributed by atoms with Gasteiger partial charge < -0.3 is 14.4 Å². The Hall–Kier alpha value is -0.230. The van der Waals surface area contributed by atoms with Crippen LogP contribution in [0.5, 0.6) is 0 Å². The first kappa shape index (κ1) is 14.2. The maximum absolute atomic E-state index is 11.4. The average Bonchev–Trinajstić information content (AvgIpc) is 2.75. The van der Waals surface area contributed by atoms with Crippen LogP contribution in [0.1, 0.15) is 17.7 Å². The first-order chi connectivity index (χ1) is 8.63. The number of hydrogen-bond donors (Lipinski definition) is 0. The first-order valence-electron chi connectivity index (χ1n) is 6.09. The van der Waals surface area contributed by atoms with E-state index in [0.29, 0.717) is 6.61 Å². The van der Waals surface area contributed by atoms with Crippen molar-refractivity contribution in [3.8, 4) is 0 Å². The summed E-state index contributed by atoms with van der Waals surface area (Å²) in [6.45, 7) is 3.00. The molecular weight excluding hydrogens is 314 g/mol. The summed E-state index contributed by atoms with van der Waals surface area (Å²) >= 11 is 5.20. The van der Waals surface area contributed by atoms with Gasteiger partial charge in [0, 0.05) is 34.4 Å². The standard InChI is InChI=1S/C13H18BrNO2S/c1-15(6-12-5-11(14)7-18-12)8-13(9-16)3-2-4-17-10-13/h5,7,9H,2-4,6,8,10H2,1H3. The van der Waals surface area contributed by atoms with E-state index in [4.69, 9.17) is 4.74 Å². The van der Waals surface area contributed by atoms with E-state index in [1.807, 2.05) is 0 Å². The molecule has 18 heavy (non-hydrogen) atoms. The van der Waals surface area contributed by atoms with Crippen molar-refractivity contribution in [2.45, 2.75) is 19.4 Å². The quantitative estimate of drug-likeness (QED) is 0.777. The Balaban J connectivity index is 1.92. The Morgan fingerprint density at radius 1 is 1.67 bits per heavy atom. The molecule has 5 heteroatoms. The normalized spacial score (nSPS) is 24.4. The van der Waals surface area contributed by atoms with Crippen LogP contribution < -0.4 is 0 Å². The smallest absolute Gasteiger partial charge is 0.129 e. The van der Waals surface area contributed by atoms with Gasteiger partial charge in [-0.25, -0.2) is 0 Å². The van der Waals surface area contributed by atoms with Gasteiger partial charge in [-0.05, 0) is 41.9 Å². The molecule has 1 saturated heterocycles. The molecule has 0 radical (unpaired) electrons. The van der Waals surface area contributed by atoms with Crippen molar-refractivity contribution < 1.29 is 9.53 Å². The molecule has 1 atom stereocenters. The van der Waals surface area contributed by atoms with Crippen molar-refractivity contribution in [1.29, 1.82) is 0 Å². The lowest BCUT2D eigenvalue weighted by Crippen LogP contribution is -2.42. The molecule has 0 aliphatic carbocycles. The highest BCUT2D eigenvalue weighted by Crippen LogP contribution is 2.28. The summed E-state index contributed by atoms with van der Waals surface area (Å²) in [5.74, 6) is 0. The molecular formula is C13H18BrNO2S. The number of thiophene rings is 1. The fourth-order valence-corrected chi connectivity index (χ4v) is 3.96. The van der Waals surface area contributed by atoms with Crippen LogP contribution in [0.2, 0.25) is 0 Å². The number of ether oxygens (including phenoxy) is 1. The second-order valence-electron chi connectivity index (χ2n) is 5.04. The summed E-state index contributed by atoms with van der Waals surface area (Å²) in [6, 6.07) is 2.13. The maximum atomic E-state index is 11.4. The fraction of sp³-hybridized carbons (Fsp3) is 0.615. The molecule has 1 aliphatic heterocycles. The van der Waals surface area contributed by atoms with E-state index in [0.717, 1.165) is 43.3 Å². The van der Waals surface area contributed by atoms with Crippen LogP contribution in [-0.4, -0.2) is 38.0 Å². The number of halogens is 1. The van der Waals surface area contributed by atoms with Crippen LogP contribution in [0.4, 0.5) is 0 Å². The van der Waals surface area contributed by atoms with Gasteiger partial charge in [-0.15, -0.1) is 11.3 Å². The van der Waals surface area contributed by atoms with Gasteiger partial charge in [-0.3, -0.25) is 0 Å². The molecule has 1 aliphatic rings. The number of hydrogen-bond acceptors (Lipinski definition) is 4. The van der Waals surface area contributed by atoms with Gasteiger partial charge in [0.2, 0.25) is 0 Å². The molecule has 0 saturated carbocycles. The molecule has 100 valence electrons. The van der Waals surface area contributed by atoms with Gasteiger partial charge in [0.05, 0.1) is 12.0 Å². The summed E-state index contributed by atoms with van der Waals surface area (Å²) in [7, 11) is 2.06. The monoisotopic (exact) mass is 331 g/mol. The minimum absolute atomic E-state index is 0.304. The van der Waals surface area contributed by atoms with Crippen LogP contribution >= 0.6 is 27.3 Å². The second-order valence-corrected chi connectivity index (χ2v) is 6.95. The third-order valence-electron chi connectivity index (χ3n) is 3.24. The van der Waals surface area contributed by atoms with Crippen molar-refractivity contribution in [3.05, 3.63) is 20.8 Å². The van der Waals surface area contributed by atoms with E-state index >= 15 is 0 Å². The van der Waals surface area contributed by atoms with E-state index in [9.17, 15) is 4.79 Å². The minimum Gasteiger partial charge on any atom is -0.380 e. The fourth-order valence-electron chi connectivity index (χ4n) is 2.43. The van der Waals surface area contributed by atoms with Crippen molar-refractivity contribution in [2.75, 3.05) is 26.8 Å². The number of nitrogens with zero attached hydrogens (tertiary/aromatic N) is 1. The van der Waals surface area contributed by atoms with Crippen LogP contribution in [0.3, 0.4) is 0 Å². The Morgan fingerprint density at radius 3 is 3.06 bits per heavy atom. The molecule has 2 heterocycles. The Morgan fingerprint density at radius 2 is 2.50 bits per heavy atom. The van der Waals surface area contributed by atoms with Gasteiger partial charge in [0.25, 0.3) is 0 Å². The zero-order chi connectivity index (χ0) is 13.0. The maximum Gasteiger partial charge on any atom is 0.129 e. The lowest BCUT2D eigenvalue weighted by Gasteiger charge is -2.35. The highest BCUT2D eigenvalue weighted by atomic mass is 79.9. The number of rotatable bonds is 5. The van der Waals surface area contributed by atoms with Crippen molar-refractivity contribution in [2.24, 2.45) is 5.41 Å². The zero-order valence-corrected chi connectivity index (χ0v) is 12.9. The minimum atomic E-state index is -0.304. The molecule has 0 amide bonds. The van der Waals surface area contributed by atoms with Crippen molar-refractivity contribution in [3.63, 3.8) is 0 Å². The summed E-state index contributed by atoms with van der Waals surface area (Å²) in [5.41, 5.74) is -0.304. The lowest BCUT2D eigenvalue weighted by atomic mass is 9.83. The highest BCUT2D eigenvalue weighted by molar-refractivity contribution is 9.10. The largest absolute Gasteiger partial charge is 0.380 e. The van der Waals surface area contributed by atoms with E-state index in [-0.39, 0.29) is 5.41 Å². The first-order valence-corrected chi connectivity index (χ1v) is 7.76. The predicted octanol–water partition coefficient (Wildman–Crippen LogP) is 2.94. The van der Waals surface area contributed by atoms with Crippen molar-refractivity contribution >= 4 is 33.6 Å². The molecule has 1 fully saturated rings. The van der Waals surface area contributed by atoms with Crippen molar-refractivity contribution in [1.82, 2.24) is 4.90 Å². The number of carbonyl (C=O) groups is 1. The zero-order valence-electron chi connectivity index (χ0n) is 10.5. The van der Waals surface area contributed by atoms with E-state index < -0.39 is 0 Å². The van der Waals surface area contributed by atoms with Gasteiger partial charge in [0.1, 0.15) is 6.29 Å². The van der Waals surface area contributed by atoms with E-state index in [1.54, 1.807) is 11.3 Å². The van der Waals surface area contributed by atoms with E-state index in [2.05, 4.69) is 39.3 Å². The Kier molecular flexibility index (Phi) is 4.95. The molecule has 1 aromatic rings. The third kappa shape index (κ3) is 3.63. The molecule has 0 bridgehead atoms. The van der Waals surface area contributed by atoms with Gasteiger partial charge >= 0.3 is 0 Å². The van der Waals surface area contributed by atoms with Gasteiger partial charge in [-0.2, -0.15) is 0 Å². The van der Waals surface area contributed by atoms with Crippen LogP contribution in [0.25, 0.3) is 0 Å². The van der Waals surface area contributed by atoms with E-state index in [1.165, 1.54) is 4.88 Å². The summed E-state index contributed by atoms with van der Waals surface area (Å²) < 4.78 is 6.60. The SMILES string of the molecule is CN(Cc1cc(Br)cs1)CC1(C=O)CCCOC1. The molecule has 1 unspecified atom stereocenters. The summed E-state index contributed by atoms with van der Waals surface area (Å²) in [5, 5.41) is 2.09. The van der Waals surface area contributed by atoms with Gasteiger partial charge in [-0.1, -0.05) is 0 Å². The third-order valence-corrected chi connectivity index (χ3v) is 4.92. The molecule has 1 aromatic heterocycles. The average molecular weight is 332 g/mol.